The molecule has 0 spiro atoms. The molecular weight excluding hydrogens is 351 g/mol. The van der Waals surface area contributed by atoms with Gasteiger partial charge in [-0.15, -0.1) is 0 Å². The second-order valence-electron chi connectivity index (χ2n) is 7.49. The van der Waals surface area contributed by atoms with Crippen LogP contribution in [0.5, 0.6) is 5.75 Å². The second kappa shape index (κ2) is 6.81. The van der Waals surface area contributed by atoms with Crippen LogP contribution in [0.25, 0.3) is 0 Å². The third kappa shape index (κ3) is 3.78. The van der Waals surface area contributed by atoms with E-state index in [9.17, 15) is 22.8 Å². The largest absolute Gasteiger partial charge is 0.483 e. The number of aliphatic carboxylic acids is 1. The molecule has 1 heterocycles. The zero-order chi connectivity index (χ0) is 19.8. The monoisotopic (exact) mass is 373 g/mol. The van der Waals surface area contributed by atoms with Gasteiger partial charge in [0, 0.05) is 13.1 Å². The van der Waals surface area contributed by atoms with Crippen LogP contribution >= 0.6 is 0 Å². The first-order valence-electron chi connectivity index (χ1n) is 8.19. The van der Waals surface area contributed by atoms with Crippen molar-refractivity contribution in [1.29, 1.82) is 0 Å². The van der Waals surface area contributed by atoms with Gasteiger partial charge in [0.2, 0.25) is 0 Å². The zero-order valence-electron chi connectivity index (χ0n) is 14.9. The van der Waals surface area contributed by atoms with Gasteiger partial charge in [-0.1, -0.05) is 39.0 Å². The molecule has 0 radical (unpaired) electrons. The summed E-state index contributed by atoms with van der Waals surface area (Å²) in [7, 11) is 0. The average molecular weight is 373 g/mol. The minimum atomic E-state index is -4.92. The summed E-state index contributed by atoms with van der Waals surface area (Å²) in [5.41, 5.74) is -2.28. The van der Waals surface area contributed by atoms with E-state index >= 15 is 0 Å². The van der Waals surface area contributed by atoms with E-state index in [2.05, 4.69) is 0 Å². The van der Waals surface area contributed by atoms with E-state index in [1.807, 2.05) is 32.9 Å². The van der Waals surface area contributed by atoms with Crippen molar-refractivity contribution in [3.63, 3.8) is 0 Å². The van der Waals surface area contributed by atoms with Gasteiger partial charge in [0.15, 0.2) is 12.0 Å². The van der Waals surface area contributed by atoms with Crippen LogP contribution < -0.4 is 4.74 Å². The number of carboxylic acids is 1. The lowest BCUT2D eigenvalue weighted by atomic mass is 9.86. The molecule has 1 aromatic rings. The minimum Gasteiger partial charge on any atom is -0.483 e. The molecule has 1 unspecified atom stereocenters. The van der Waals surface area contributed by atoms with Crippen LogP contribution in [0.15, 0.2) is 24.3 Å². The number of ether oxygens (including phenoxy) is 1. The number of carbonyl (C=O) groups excluding carboxylic acids is 1. The molecular formula is C18H22F3NO4. The summed E-state index contributed by atoms with van der Waals surface area (Å²) in [4.78, 5) is 24.3. The Kier molecular flexibility index (Phi) is 5.26. The first-order chi connectivity index (χ1) is 11.9. The fourth-order valence-electron chi connectivity index (χ4n) is 2.99. The summed E-state index contributed by atoms with van der Waals surface area (Å²) in [6.07, 6.45) is -5.58. The highest BCUT2D eigenvalue weighted by Gasteiger charge is 2.64. The number of halogens is 3. The summed E-state index contributed by atoms with van der Waals surface area (Å²) in [5.74, 6) is -2.15. The van der Waals surface area contributed by atoms with E-state index in [1.54, 1.807) is 12.1 Å². The third-order valence-corrected chi connectivity index (χ3v) is 4.62. The van der Waals surface area contributed by atoms with Crippen molar-refractivity contribution in [3.8, 4) is 5.75 Å². The second-order valence-corrected chi connectivity index (χ2v) is 7.49. The zero-order valence-corrected chi connectivity index (χ0v) is 14.9. The number of carboxylic acid groups (broad SMARTS) is 1. The molecule has 144 valence electrons. The molecule has 1 atom stereocenters. The lowest BCUT2D eigenvalue weighted by Crippen LogP contribution is -2.48. The lowest BCUT2D eigenvalue weighted by Gasteiger charge is -2.27. The van der Waals surface area contributed by atoms with Crippen LogP contribution in [0.3, 0.4) is 0 Å². The Bertz CT molecular complexity index is 696. The molecule has 1 saturated heterocycles. The fourth-order valence-corrected chi connectivity index (χ4v) is 2.99. The molecule has 0 saturated carbocycles. The normalized spacial score (nSPS) is 20.9. The van der Waals surface area contributed by atoms with Crippen LogP contribution in [0, 0.1) is 5.41 Å². The number of benzene rings is 1. The van der Waals surface area contributed by atoms with Crippen LogP contribution in [0.1, 0.15) is 32.8 Å². The Morgan fingerprint density at radius 1 is 1.23 bits per heavy atom. The Labute approximate surface area is 149 Å². The first kappa shape index (κ1) is 20.1. The number of amides is 1. The molecule has 2 rings (SSSR count). The van der Waals surface area contributed by atoms with Crippen LogP contribution in [0.2, 0.25) is 0 Å². The molecule has 26 heavy (non-hydrogen) atoms. The number of nitrogens with zero attached hydrogens (tertiary/aromatic N) is 1. The molecule has 1 aliphatic rings. The van der Waals surface area contributed by atoms with Crippen LogP contribution in [-0.4, -0.2) is 47.8 Å². The Morgan fingerprint density at radius 2 is 1.85 bits per heavy atom. The van der Waals surface area contributed by atoms with Gasteiger partial charge in [0.05, 0.1) is 0 Å². The molecule has 1 N–H and O–H groups in total. The molecule has 1 fully saturated rings. The van der Waals surface area contributed by atoms with Gasteiger partial charge < -0.3 is 14.7 Å². The number of likely N-dealkylation sites (tertiary alicyclic amines) is 1. The molecule has 1 aliphatic heterocycles. The Balaban J connectivity index is 2.08. The highest BCUT2D eigenvalue weighted by molar-refractivity contribution is 5.82. The van der Waals surface area contributed by atoms with Crippen molar-refractivity contribution >= 4 is 11.9 Å². The Hall–Kier alpha value is -2.25. The number of hydrogen-bond donors (Lipinski definition) is 1. The van der Waals surface area contributed by atoms with Crippen LogP contribution in [-0.2, 0) is 15.0 Å². The van der Waals surface area contributed by atoms with E-state index < -0.39 is 43.0 Å². The number of hydrogen-bond acceptors (Lipinski definition) is 3. The van der Waals surface area contributed by atoms with Crippen molar-refractivity contribution in [2.24, 2.45) is 5.41 Å². The van der Waals surface area contributed by atoms with E-state index in [-0.39, 0.29) is 12.0 Å². The summed E-state index contributed by atoms with van der Waals surface area (Å²) in [5, 5.41) is 9.04. The van der Waals surface area contributed by atoms with Crippen LogP contribution in [0.4, 0.5) is 13.2 Å². The van der Waals surface area contributed by atoms with Gasteiger partial charge >= 0.3 is 12.1 Å². The summed E-state index contributed by atoms with van der Waals surface area (Å²) in [6.45, 7) is 4.32. The van der Waals surface area contributed by atoms with Gasteiger partial charge in [0.1, 0.15) is 5.75 Å². The Morgan fingerprint density at radius 3 is 2.35 bits per heavy atom. The fraction of sp³-hybridized carbons (Fsp3) is 0.556. The van der Waals surface area contributed by atoms with E-state index in [0.29, 0.717) is 5.75 Å². The van der Waals surface area contributed by atoms with Gasteiger partial charge in [0.25, 0.3) is 5.91 Å². The van der Waals surface area contributed by atoms with E-state index in [1.165, 1.54) is 0 Å². The molecule has 0 aromatic heterocycles. The van der Waals surface area contributed by atoms with Gasteiger partial charge in [-0.2, -0.15) is 13.2 Å². The maximum absolute atomic E-state index is 13.2. The average Bonchev–Trinajstić information content (AvgIpc) is 2.98. The smallest absolute Gasteiger partial charge is 0.406 e. The highest BCUT2D eigenvalue weighted by atomic mass is 19.4. The molecule has 8 heteroatoms. The number of carbonyl (C=O) groups is 2. The molecule has 1 aromatic carbocycles. The first-order valence-corrected chi connectivity index (χ1v) is 8.19. The third-order valence-electron chi connectivity index (χ3n) is 4.62. The quantitative estimate of drug-likeness (QED) is 0.880. The van der Waals surface area contributed by atoms with E-state index in [4.69, 9.17) is 9.84 Å². The van der Waals surface area contributed by atoms with E-state index in [0.717, 1.165) is 10.5 Å². The maximum atomic E-state index is 13.2. The van der Waals surface area contributed by atoms with Crippen molar-refractivity contribution in [1.82, 2.24) is 4.90 Å². The summed E-state index contributed by atoms with van der Waals surface area (Å²) < 4.78 is 45.1. The maximum Gasteiger partial charge on any atom is 0.406 e. The number of rotatable bonds is 4. The van der Waals surface area contributed by atoms with Gasteiger partial charge in [-0.25, -0.2) is 0 Å². The number of para-hydroxylation sites is 1. The molecule has 1 amide bonds. The van der Waals surface area contributed by atoms with Crippen molar-refractivity contribution in [2.75, 3.05) is 19.7 Å². The van der Waals surface area contributed by atoms with Crippen molar-refractivity contribution in [2.45, 2.75) is 38.8 Å². The molecule has 0 bridgehead atoms. The van der Waals surface area contributed by atoms with Crippen molar-refractivity contribution in [3.05, 3.63) is 29.8 Å². The van der Waals surface area contributed by atoms with Crippen molar-refractivity contribution < 1.29 is 32.6 Å². The molecule has 5 nitrogen and oxygen atoms in total. The highest BCUT2D eigenvalue weighted by Crippen LogP contribution is 2.45. The van der Waals surface area contributed by atoms with Gasteiger partial charge in [-0.05, 0) is 23.5 Å². The predicted octanol–water partition coefficient (Wildman–Crippen LogP) is 3.23. The minimum absolute atomic E-state index is 0.234. The lowest BCUT2D eigenvalue weighted by molar-refractivity contribution is -0.227. The predicted molar refractivity (Wildman–Crippen MR) is 88.0 cm³/mol. The number of alkyl halides is 3. The SMILES string of the molecule is CC(C)(C)c1ccccc1OCC(=O)N1CCC(C(=O)O)(C(F)(F)F)C1. The standard InChI is InChI=1S/C18H22F3NO4/c1-16(2,3)12-6-4-5-7-13(12)26-10-14(23)22-9-8-17(11-22,15(24)25)18(19,20)21/h4-7H,8-11H2,1-3H3,(H,24,25). The summed E-state index contributed by atoms with van der Waals surface area (Å²) in [6, 6.07) is 7.12. The molecule has 0 aliphatic carbocycles. The topological polar surface area (TPSA) is 66.8 Å². The summed E-state index contributed by atoms with van der Waals surface area (Å²) >= 11 is 0. The van der Waals surface area contributed by atoms with Gasteiger partial charge in [-0.3, -0.25) is 9.59 Å².